The fraction of sp³-hybridized carbons (Fsp3) is 0.424. The maximum absolute atomic E-state index is 13.1. The number of aliphatic carboxylic acids is 2. The van der Waals surface area contributed by atoms with Crippen molar-refractivity contribution in [3.8, 4) is 22.3 Å². The van der Waals surface area contributed by atoms with E-state index in [2.05, 4.69) is 31.9 Å². The topological polar surface area (TPSA) is 408 Å². The number of benzene rings is 5. The number of carboxylic acids is 2. The zero-order valence-electron chi connectivity index (χ0n) is 51.7. The van der Waals surface area contributed by atoms with Crippen LogP contribution in [0.3, 0.4) is 0 Å². The van der Waals surface area contributed by atoms with E-state index in [9.17, 15) is 79.2 Å². The number of thioether (sulfide) groups is 2. The first-order valence-corrected chi connectivity index (χ1v) is 32.7. The van der Waals surface area contributed by atoms with Crippen LogP contribution in [-0.4, -0.2) is 210 Å². The Morgan fingerprint density at radius 1 is 0.500 bits per heavy atom. The van der Waals surface area contributed by atoms with Crippen molar-refractivity contribution in [3.63, 3.8) is 0 Å². The van der Waals surface area contributed by atoms with Gasteiger partial charge in [-0.1, -0.05) is 97.1 Å². The zero-order valence-corrected chi connectivity index (χ0v) is 53.3. The van der Waals surface area contributed by atoms with E-state index in [1.807, 2.05) is 60.7 Å². The number of rotatable bonds is 34. The molecule has 7 rings (SSSR count). The fourth-order valence-corrected chi connectivity index (χ4v) is 12.2. The molecule has 506 valence electrons. The summed E-state index contributed by atoms with van der Waals surface area (Å²) in [6.45, 7) is 0.816. The summed E-state index contributed by atoms with van der Waals surface area (Å²) in [4.78, 5) is 102. The van der Waals surface area contributed by atoms with Gasteiger partial charge in [0.25, 0.3) is 23.4 Å². The number of para-hydroxylation sites is 2. The minimum Gasteiger partial charge on any atom is -0.477 e. The quantitative estimate of drug-likeness (QED) is 0.0263. The van der Waals surface area contributed by atoms with Crippen molar-refractivity contribution in [2.24, 2.45) is 0 Å². The van der Waals surface area contributed by atoms with Gasteiger partial charge < -0.3 is 91.7 Å². The summed E-state index contributed by atoms with van der Waals surface area (Å²) in [5.74, 6) is -10.1. The van der Waals surface area contributed by atoms with Crippen LogP contribution in [0.5, 0.6) is 0 Å². The molecule has 2 heterocycles. The Kier molecular flexibility index (Phi) is 27.9. The molecule has 0 spiro atoms. The van der Waals surface area contributed by atoms with Crippen LogP contribution in [0.1, 0.15) is 73.1 Å². The molecule has 2 saturated heterocycles. The Bertz CT molecular complexity index is 3120. The number of nitrogens with one attached hydrogen (secondary N) is 6. The minimum absolute atomic E-state index is 0.0488. The highest BCUT2D eigenvalue weighted by atomic mass is 32.2. The number of aliphatic hydroxyl groups is 6. The highest BCUT2D eigenvalue weighted by molar-refractivity contribution is 7.99. The molecule has 0 aromatic heterocycles. The highest BCUT2D eigenvalue weighted by Crippen LogP contribution is 2.36. The van der Waals surface area contributed by atoms with Gasteiger partial charge in [-0.05, 0) is 83.0 Å². The van der Waals surface area contributed by atoms with Crippen molar-refractivity contribution in [1.82, 2.24) is 21.3 Å². The lowest BCUT2D eigenvalue weighted by Crippen LogP contribution is -2.68. The number of hydrogen-bond donors (Lipinski definition) is 14. The SMILES string of the molecule is CC(=O)N[C@@H]1[C@H]([C@H](O)[C@@H](O)CNC(=O)c2ccc(-c3ccccc3)cc2)O[C@@](OCCCSCCC(=O)Nc2ccccc2NC(=O)CCSCCCO[C@]2(C(=O)O)C[C@H](O)[C@@H](NC(C)=O)[C@H]([C@H](O)[C@H](O)CNC(=O)c3ccc(-c4ccccc4)cc3)O2)(C(=O)O)C[C@H]1O. The van der Waals surface area contributed by atoms with Crippen LogP contribution in [0.2, 0.25) is 0 Å². The monoisotopic (exact) mass is 1340 g/mol. The van der Waals surface area contributed by atoms with Gasteiger partial charge >= 0.3 is 11.9 Å². The van der Waals surface area contributed by atoms with Crippen molar-refractivity contribution in [3.05, 3.63) is 145 Å². The second kappa shape index (κ2) is 35.6. The first kappa shape index (κ1) is 73.6. The molecule has 28 heteroatoms. The van der Waals surface area contributed by atoms with E-state index in [4.69, 9.17) is 18.9 Å². The lowest BCUT2D eigenvalue weighted by atomic mass is 9.88. The molecule has 0 unspecified atom stereocenters. The molecule has 0 aliphatic carbocycles. The molecule has 0 radical (unpaired) electrons. The third-order valence-corrected chi connectivity index (χ3v) is 17.5. The van der Waals surface area contributed by atoms with E-state index in [0.29, 0.717) is 34.4 Å². The smallest absolute Gasteiger partial charge is 0.364 e. The predicted octanol–water partition coefficient (Wildman–Crippen LogP) is 3.13. The molecular weight excluding hydrogens is 1260 g/mol. The highest BCUT2D eigenvalue weighted by Gasteiger charge is 2.57. The number of carbonyl (C=O) groups is 8. The fourth-order valence-electron chi connectivity index (χ4n) is 10.5. The molecule has 94 heavy (non-hydrogen) atoms. The van der Waals surface area contributed by atoms with E-state index >= 15 is 0 Å². The molecule has 14 N–H and O–H groups in total. The Morgan fingerprint density at radius 3 is 1.18 bits per heavy atom. The third-order valence-electron chi connectivity index (χ3n) is 15.4. The number of aliphatic hydroxyl groups excluding tert-OH is 6. The van der Waals surface area contributed by atoms with Crippen LogP contribution < -0.4 is 31.9 Å². The van der Waals surface area contributed by atoms with Gasteiger partial charge in [0, 0.05) is 75.3 Å². The standard InChI is InChI=1S/C66H80N6O20S2/c1-39(73)69-55-49(75)35-65(63(85)86,91-59(55)57(81)51(77)37-67-61(83)45-23-19-43(20-24-45)41-13-5-3-6-14-41)89-29-11-31-93-33-27-53(79)71-47-17-9-10-18-48(47)72-54(80)28-34-94-32-12-30-90-66(64(87)88)36-50(76)56(70-40(2)74)60(92-66)58(82)52(78)38-68-62(84)46-25-21-44(22-26-46)42-15-7-4-8-16-42/h3-10,13-26,49-52,55-60,75-78,81-82H,11-12,27-38H2,1-2H3,(H,67,83)(H,68,84)(H,69,73)(H,70,74)(H,71,79)(H,72,80)(H,85,86)(H,87,88)/t49-,50+,51+,52-,55+,56-,57-,58-,59-,60-,65-,66-/m1/s1. The molecule has 2 aliphatic rings. The molecule has 0 saturated carbocycles. The summed E-state index contributed by atoms with van der Waals surface area (Å²) in [5.41, 5.74) is 4.82. The summed E-state index contributed by atoms with van der Waals surface area (Å²) in [6.07, 6.45) is -14.8. The maximum Gasteiger partial charge on any atom is 0.364 e. The molecular formula is C66H80N6O20S2. The first-order chi connectivity index (χ1) is 45.0. The van der Waals surface area contributed by atoms with Crippen LogP contribution in [-0.2, 0) is 47.7 Å². The molecule has 0 bridgehead atoms. The van der Waals surface area contributed by atoms with Gasteiger partial charge in [-0.2, -0.15) is 23.5 Å². The number of hydrogen-bond acceptors (Lipinski definition) is 20. The summed E-state index contributed by atoms with van der Waals surface area (Å²) in [7, 11) is 0. The van der Waals surface area contributed by atoms with Crippen LogP contribution >= 0.6 is 23.5 Å². The van der Waals surface area contributed by atoms with E-state index in [-0.39, 0.29) is 61.8 Å². The second-order valence-corrected chi connectivity index (χ2v) is 24.9. The largest absolute Gasteiger partial charge is 0.477 e. The Morgan fingerprint density at radius 2 is 0.840 bits per heavy atom. The number of ether oxygens (including phenoxy) is 4. The minimum atomic E-state index is -2.52. The van der Waals surface area contributed by atoms with Crippen molar-refractivity contribution < 1.29 is 98.2 Å². The van der Waals surface area contributed by atoms with Crippen molar-refractivity contribution in [2.75, 3.05) is 59.9 Å². The van der Waals surface area contributed by atoms with Gasteiger partial charge in [0.1, 0.15) is 24.4 Å². The summed E-state index contributed by atoms with van der Waals surface area (Å²) in [5, 5.41) is 103. The van der Waals surface area contributed by atoms with Crippen LogP contribution in [0.15, 0.2) is 133 Å². The van der Waals surface area contributed by atoms with E-state index in [1.165, 1.54) is 23.5 Å². The molecule has 5 aromatic carbocycles. The Hall–Kier alpha value is -7.84. The normalized spacial score (nSPS) is 22.3. The van der Waals surface area contributed by atoms with Crippen LogP contribution in [0, 0.1) is 0 Å². The summed E-state index contributed by atoms with van der Waals surface area (Å²) in [6, 6.07) is 36.1. The van der Waals surface area contributed by atoms with Gasteiger partial charge in [0.15, 0.2) is 0 Å². The zero-order chi connectivity index (χ0) is 68.0. The van der Waals surface area contributed by atoms with Crippen molar-refractivity contribution in [1.29, 1.82) is 0 Å². The molecule has 2 aliphatic heterocycles. The Balaban J connectivity index is 0.800. The molecule has 26 nitrogen and oxygen atoms in total. The molecule has 6 amide bonds. The van der Waals surface area contributed by atoms with Gasteiger partial charge in [-0.15, -0.1) is 0 Å². The van der Waals surface area contributed by atoms with Gasteiger partial charge in [0.05, 0.1) is 61.1 Å². The molecule has 12 atom stereocenters. The lowest BCUT2D eigenvalue weighted by Gasteiger charge is -2.46. The average Bonchev–Trinajstić information content (AvgIpc) is 0.783. The lowest BCUT2D eigenvalue weighted by molar-refractivity contribution is -0.310. The van der Waals surface area contributed by atoms with Gasteiger partial charge in [-0.25, -0.2) is 9.59 Å². The van der Waals surface area contributed by atoms with Crippen molar-refractivity contribution >= 4 is 82.3 Å². The van der Waals surface area contributed by atoms with Crippen molar-refractivity contribution in [2.45, 2.75) is 125 Å². The number of carbonyl (C=O) groups excluding carboxylic acids is 6. The molecule has 5 aromatic rings. The number of amides is 6. The summed E-state index contributed by atoms with van der Waals surface area (Å²) < 4.78 is 23.2. The second-order valence-electron chi connectivity index (χ2n) is 22.5. The molecule has 2 fully saturated rings. The number of carboxylic acid groups (broad SMARTS) is 2. The van der Waals surface area contributed by atoms with E-state index < -0.39 is 134 Å². The summed E-state index contributed by atoms with van der Waals surface area (Å²) >= 11 is 2.71. The Labute approximate surface area is 550 Å². The third kappa shape index (κ3) is 20.8. The number of anilines is 2. The van der Waals surface area contributed by atoms with Gasteiger partial charge in [0.2, 0.25) is 23.6 Å². The average molecular weight is 1340 g/mol. The first-order valence-electron chi connectivity index (χ1n) is 30.4. The van der Waals surface area contributed by atoms with Crippen LogP contribution in [0.4, 0.5) is 11.4 Å². The van der Waals surface area contributed by atoms with E-state index in [0.717, 1.165) is 36.1 Å². The van der Waals surface area contributed by atoms with Gasteiger partial charge in [-0.3, -0.25) is 28.8 Å². The predicted molar refractivity (Wildman–Crippen MR) is 348 cm³/mol. The van der Waals surface area contributed by atoms with E-state index in [1.54, 1.807) is 72.8 Å². The maximum atomic E-state index is 13.1. The van der Waals surface area contributed by atoms with Crippen LogP contribution in [0.25, 0.3) is 22.3 Å².